The zero-order valence-electron chi connectivity index (χ0n) is 9.79. The van der Waals surface area contributed by atoms with Gasteiger partial charge in [0.2, 0.25) is 0 Å². The van der Waals surface area contributed by atoms with Crippen molar-refractivity contribution in [2.75, 3.05) is 13.1 Å². The summed E-state index contributed by atoms with van der Waals surface area (Å²) in [7, 11) is 0. The lowest BCUT2D eigenvalue weighted by molar-refractivity contribution is 0.158. The fourth-order valence-corrected chi connectivity index (χ4v) is 2.73. The first-order valence-corrected chi connectivity index (χ1v) is 6.79. The van der Waals surface area contributed by atoms with Gasteiger partial charge in [0.25, 0.3) is 0 Å². The van der Waals surface area contributed by atoms with Crippen molar-refractivity contribution in [1.82, 2.24) is 4.90 Å². The highest BCUT2D eigenvalue weighted by Crippen LogP contribution is 2.52. The van der Waals surface area contributed by atoms with E-state index >= 15 is 0 Å². The molecule has 1 saturated heterocycles. The number of hydrogen-bond acceptors (Lipinski definition) is 2. The predicted molar refractivity (Wildman–Crippen MR) is 68.0 cm³/mol. The van der Waals surface area contributed by atoms with Crippen molar-refractivity contribution in [3.63, 3.8) is 0 Å². The average Bonchev–Trinajstić information content (AvgIpc) is 2.93. The first-order chi connectivity index (χ1) is 8.58. The fourth-order valence-electron chi connectivity index (χ4n) is 2.39. The Bertz CT molecular complexity index is 502. The van der Waals surface area contributed by atoms with E-state index in [4.69, 9.17) is 4.74 Å². The summed E-state index contributed by atoms with van der Waals surface area (Å²) in [6.07, 6.45) is 3.00. The summed E-state index contributed by atoms with van der Waals surface area (Å²) in [5, 5.41) is 0. The van der Waals surface area contributed by atoms with E-state index in [0.29, 0.717) is 9.89 Å². The summed E-state index contributed by atoms with van der Waals surface area (Å²) in [4.78, 5) is 13.6. The van der Waals surface area contributed by atoms with Crippen LogP contribution >= 0.6 is 15.9 Å². The first kappa shape index (κ1) is 12.0. The smallest absolute Gasteiger partial charge is 0.407 e. The number of likely N-dealkylation sites (tertiary alicyclic amines) is 1. The van der Waals surface area contributed by atoms with E-state index < -0.39 is 11.9 Å². The van der Waals surface area contributed by atoms with E-state index in [1.165, 1.54) is 25.0 Å². The second-order valence-electron chi connectivity index (χ2n) is 5.11. The molecule has 0 aromatic heterocycles. The van der Waals surface area contributed by atoms with Crippen molar-refractivity contribution in [2.24, 2.45) is 5.41 Å². The van der Waals surface area contributed by atoms with Crippen molar-refractivity contribution in [3.8, 4) is 5.75 Å². The molecule has 1 aliphatic carbocycles. The number of ether oxygens (including phenoxy) is 1. The molecule has 96 valence electrons. The van der Waals surface area contributed by atoms with Crippen LogP contribution < -0.4 is 4.74 Å². The normalized spacial score (nSPS) is 20.2. The number of halogens is 2. The molecule has 1 spiro atoms. The molecule has 1 aromatic rings. The summed E-state index contributed by atoms with van der Waals surface area (Å²) in [6.45, 7) is 1.47. The summed E-state index contributed by atoms with van der Waals surface area (Å²) >= 11 is 3.16. The molecule has 1 saturated carbocycles. The number of amides is 1. The van der Waals surface area contributed by atoms with Crippen LogP contribution in [0.4, 0.5) is 9.18 Å². The van der Waals surface area contributed by atoms with Crippen LogP contribution in [-0.4, -0.2) is 24.1 Å². The lowest BCUT2D eigenvalue weighted by Crippen LogP contribution is -2.31. The Kier molecular flexibility index (Phi) is 2.81. The Labute approximate surface area is 113 Å². The van der Waals surface area contributed by atoms with Crippen molar-refractivity contribution in [3.05, 3.63) is 28.5 Å². The molecule has 0 bridgehead atoms. The highest BCUT2D eigenvalue weighted by Gasteiger charge is 2.49. The van der Waals surface area contributed by atoms with Crippen molar-refractivity contribution in [1.29, 1.82) is 0 Å². The Morgan fingerprint density at radius 3 is 2.78 bits per heavy atom. The highest BCUT2D eigenvalue weighted by molar-refractivity contribution is 9.10. The monoisotopic (exact) mass is 313 g/mol. The third kappa shape index (κ3) is 2.23. The third-order valence-corrected chi connectivity index (χ3v) is 4.24. The predicted octanol–water partition coefficient (Wildman–Crippen LogP) is 3.57. The van der Waals surface area contributed by atoms with Gasteiger partial charge in [-0.25, -0.2) is 9.18 Å². The van der Waals surface area contributed by atoms with E-state index in [0.717, 1.165) is 19.5 Å². The molecule has 3 nitrogen and oxygen atoms in total. The largest absolute Gasteiger partial charge is 0.415 e. The highest BCUT2D eigenvalue weighted by atomic mass is 79.9. The quantitative estimate of drug-likeness (QED) is 0.793. The van der Waals surface area contributed by atoms with Crippen molar-refractivity contribution < 1.29 is 13.9 Å². The summed E-state index contributed by atoms with van der Waals surface area (Å²) in [5.74, 6) is -0.544. The number of benzene rings is 1. The van der Waals surface area contributed by atoms with Gasteiger partial charge in [-0.3, -0.25) is 0 Å². The fraction of sp³-hybridized carbons (Fsp3) is 0.462. The molecular weight excluding hydrogens is 301 g/mol. The average molecular weight is 314 g/mol. The van der Waals surface area contributed by atoms with Crippen LogP contribution in [0.3, 0.4) is 0 Å². The maximum Gasteiger partial charge on any atom is 0.415 e. The topological polar surface area (TPSA) is 29.5 Å². The van der Waals surface area contributed by atoms with Gasteiger partial charge >= 0.3 is 6.09 Å². The Morgan fingerprint density at radius 1 is 1.39 bits per heavy atom. The summed E-state index contributed by atoms with van der Waals surface area (Å²) < 4.78 is 19.3. The summed E-state index contributed by atoms with van der Waals surface area (Å²) in [6, 6.07) is 4.40. The van der Waals surface area contributed by atoms with Gasteiger partial charge in [-0.1, -0.05) is 15.9 Å². The maximum atomic E-state index is 13.5. The molecule has 1 heterocycles. The third-order valence-electron chi connectivity index (χ3n) is 3.74. The van der Waals surface area contributed by atoms with Gasteiger partial charge < -0.3 is 9.64 Å². The molecule has 5 heteroatoms. The Morgan fingerprint density at radius 2 is 2.17 bits per heavy atom. The van der Waals surface area contributed by atoms with Gasteiger partial charge in [-0.05, 0) is 42.9 Å². The Hall–Kier alpha value is -1.10. The van der Waals surface area contributed by atoms with Crippen molar-refractivity contribution >= 4 is 22.0 Å². The number of nitrogens with zero attached hydrogens (tertiary/aromatic N) is 1. The molecule has 1 amide bonds. The second kappa shape index (κ2) is 4.23. The number of carbonyl (C=O) groups excluding carboxylic acids is 1. The zero-order chi connectivity index (χ0) is 12.8. The SMILES string of the molecule is O=C(Oc1ccc(Br)cc1F)N1CCC2(CC2)C1. The molecule has 0 radical (unpaired) electrons. The maximum absolute atomic E-state index is 13.5. The van der Waals surface area contributed by atoms with Crippen LogP contribution in [-0.2, 0) is 0 Å². The lowest BCUT2D eigenvalue weighted by atomic mass is 10.1. The van der Waals surface area contributed by atoms with E-state index in [9.17, 15) is 9.18 Å². The van der Waals surface area contributed by atoms with Crippen LogP contribution in [0.15, 0.2) is 22.7 Å². The van der Waals surface area contributed by atoms with Crippen LogP contribution in [0, 0.1) is 11.2 Å². The molecule has 1 aromatic carbocycles. The number of rotatable bonds is 1. The summed E-state index contributed by atoms with van der Waals surface area (Å²) in [5.41, 5.74) is 0.358. The molecule has 0 N–H and O–H groups in total. The number of hydrogen-bond donors (Lipinski definition) is 0. The standard InChI is InChI=1S/C13H13BrFNO2/c14-9-1-2-11(10(15)7-9)18-12(17)16-6-5-13(8-16)3-4-13/h1-2,7H,3-6,8H2. The van der Waals surface area contributed by atoms with Crippen LogP contribution in [0.2, 0.25) is 0 Å². The molecule has 0 unspecified atom stereocenters. The van der Waals surface area contributed by atoms with Gasteiger partial charge in [0, 0.05) is 17.6 Å². The van der Waals surface area contributed by atoms with Gasteiger partial charge in [-0.15, -0.1) is 0 Å². The first-order valence-electron chi connectivity index (χ1n) is 6.00. The molecule has 2 aliphatic rings. The number of carbonyl (C=O) groups is 1. The van der Waals surface area contributed by atoms with Crippen LogP contribution in [0.5, 0.6) is 5.75 Å². The van der Waals surface area contributed by atoms with Gasteiger partial charge in [0.1, 0.15) is 0 Å². The minimum Gasteiger partial charge on any atom is -0.407 e. The molecule has 18 heavy (non-hydrogen) atoms. The van der Waals surface area contributed by atoms with Gasteiger partial charge in [-0.2, -0.15) is 0 Å². The lowest BCUT2D eigenvalue weighted by Gasteiger charge is -2.16. The van der Waals surface area contributed by atoms with E-state index in [1.54, 1.807) is 11.0 Å². The molecule has 2 fully saturated rings. The van der Waals surface area contributed by atoms with Gasteiger partial charge in [0.15, 0.2) is 11.6 Å². The van der Waals surface area contributed by atoms with E-state index in [-0.39, 0.29) is 5.75 Å². The minimum absolute atomic E-state index is 0.0139. The molecule has 1 aliphatic heterocycles. The minimum atomic E-state index is -0.530. The molecule has 0 atom stereocenters. The Balaban J connectivity index is 1.67. The molecular formula is C13H13BrFNO2. The van der Waals surface area contributed by atoms with Crippen molar-refractivity contribution in [2.45, 2.75) is 19.3 Å². The van der Waals surface area contributed by atoms with Crippen LogP contribution in [0.1, 0.15) is 19.3 Å². The van der Waals surface area contributed by atoms with E-state index in [2.05, 4.69) is 15.9 Å². The zero-order valence-corrected chi connectivity index (χ0v) is 11.4. The van der Waals surface area contributed by atoms with Gasteiger partial charge in [0.05, 0.1) is 0 Å². The molecule has 3 rings (SSSR count). The van der Waals surface area contributed by atoms with Crippen LogP contribution in [0.25, 0.3) is 0 Å². The van der Waals surface area contributed by atoms with E-state index in [1.807, 2.05) is 0 Å². The second-order valence-corrected chi connectivity index (χ2v) is 6.03.